The first-order valence-electron chi connectivity index (χ1n) is 9.78. The summed E-state index contributed by atoms with van der Waals surface area (Å²) in [4.78, 5) is 0. The molecule has 0 aromatic heterocycles. The molecule has 29 heavy (non-hydrogen) atoms. The summed E-state index contributed by atoms with van der Waals surface area (Å²) in [7, 11) is 1.63. The zero-order valence-electron chi connectivity index (χ0n) is 16.9. The highest BCUT2D eigenvalue weighted by atomic mass is 79.9. The van der Waals surface area contributed by atoms with Gasteiger partial charge in [0.05, 0.1) is 7.11 Å². The van der Waals surface area contributed by atoms with E-state index in [4.69, 9.17) is 37.4 Å². The molecule has 0 amide bonds. The van der Waals surface area contributed by atoms with Crippen LogP contribution in [0.3, 0.4) is 0 Å². The van der Waals surface area contributed by atoms with Gasteiger partial charge in [-0.2, -0.15) is 0 Å². The van der Waals surface area contributed by atoms with Crippen molar-refractivity contribution in [2.75, 3.05) is 26.9 Å². The van der Waals surface area contributed by atoms with E-state index in [1.807, 2.05) is 18.2 Å². The Morgan fingerprint density at radius 3 is 2.41 bits per heavy atom. The van der Waals surface area contributed by atoms with Crippen LogP contribution in [-0.4, -0.2) is 26.9 Å². The topological polar surface area (TPSA) is 39.7 Å². The average Bonchev–Trinajstić information content (AvgIpc) is 2.71. The van der Waals surface area contributed by atoms with Crippen molar-refractivity contribution in [2.24, 2.45) is 0 Å². The molecule has 0 aliphatic carbocycles. The summed E-state index contributed by atoms with van der Waals surface area (Å²) in [6, 6.07) is 9.25. The van der Waals surface area contributed by atoms with Crippen LogP contribution < -0.4 is 14.8 Å². The molecule has 0 unspecified atom stereocenters. The molecule has 0 fully saturated rings. The predicted molar refractivity (Wildman–Crippen MR) is 124 cm³/mol. The molecular weight excluding hydrogens is 477 g/mol. The molecule has 7 heteroatoms. The lowest BCUT2D eigenvalue weighted by molar-refractivity contribution is 0.128. The molecule has 2 aromatic rings. The summed E-state index contributed by atoms with van der Waals surface area (Å²) < 4.78 is 18.2. The summed E-state index contributed by atoms with van der Waals surface area (Å²) in [5.41, 5.74) is 1.74. The second kappa shape index (κ2) is 13.3. The van der Waals surface area contributed by atoms with E-state index >= 15 is 0 Å². The Bertz CT molecular complexity index is 754. The second-order valence-corrected chi connectivity index (χ2v) is 8.21. The molecule has 0 radical (unpaired) electrons. The largest absolute Gasteiger partial charge is 0.493 e. The number of methoxy groups -OCH3 is 1. The van der Waals surface area contributed by atoms with Crippen LogP contribution in [0.15, 0.2) is 34.8 Å². The summed E-state index contributed by atoms with van der Waals surface area (Å²) in [6.45, 7) is 5.50. The number of ether oxygens (including phenoxy) is 3. The molecular formula is C22H28BrCl2NO3. The summed E-state index contributed by atoms with van der Waals surface area (Å²) in [5.74, 6) is 1.33. The van der Waals surface area contributed by atoms with Crippen molar-refractivity contribution in [2.45, 2.75) is 39.3 Å². The van der Waals surface area contributed by atoms with Crippen molar-refractivity contribution in [1.82, 2.24) is 5.32 Å². The fraction of sp³-hybridized carbons (Fsp3) is 0.455. The van der Waals surface area contributed by atoms with Gasteiger partial charge < -0.3 is 19.5 Å². The Morgan fingerprint density at radius 1 is 1.00 bits per heavy atom. The van der Waals surface area contributed by atoms with Gasteiger partial charge in [0.25, 0.3) is 0 Å². The predicted octanol–water partition coefficient (Wildman–Crippen LogP) is 6.64. The molecule has 160 valence electrons. The number of unbranched alkanes of at least 4 members (excludes halogenated alkanes) is 1. The number of halogens is 3. The van der Waals surface area contributed by atoms with Gasteiger partial charge in [0.1, 0.15) is 6.61 Å². The van der Waals surface area contributed by atoms with Crippen LogP contribution in [0, 0.1) is 0 Å². The third-order valence-electron chi connectivity index (χ3n) is 4.40. The minimum absolute atomic E-state index is 0.254. The van der Waals surface area contributed by atoms with Gasteiger partial charge in [-0.3, -0.25) is 0 Å². The molecule has 1 N–H and O–H groups in total. The van der Waals surface area contributed by atoms with E-state index in [2.05, 4.69) is 28.2 Å². The van der Waals surface area contributed by atoms with Gasteiger partial charge in [-0.15, -0.1) is 0 Å². The van der Waals surface area contributed by atoms with E-state index in [0.717, 1.165) is 54.6 Å². The molecule has 0 saturated carbocycles. The molecule has 2 aromatic carbocycles. The van der Waals surface area contributed by atoms with Crippen LogP contribution >= 0.6 is 39.1 Å². The third-order valence-corrected chi connectivity index (χ3v) is 5.85. The minimum Gasteiger partial charge on any atom is -0.493 e. The van der Waals surface area contributed by atoms with Crippen molar-refractivity contribution < 1.29 is 14.2 Å². The molecule has 0 bridgehead atoms. The molecule has 2 rings (SSSR count). The maximum atomic E-state index is 6.28. The van der Waals surface area contributed by atoms with E-state index in [9.17, 15) is 0 Å². The highest BCUT2D eigenvalue weighted by Crippen LogP contribution is 2.37. The van der Waals surface area contributed by atoms with Crippen molar-refractivity contribution in [3.63, 3.8) is 0 Å². The third kappa shape index (κ3) is 7.65. The Morgan fingerprint density at radius 2 is 1.72 bits per heavy atom. The number of hydrogen-bond acceptors (Lipinski definition) is 4. The standard InChI is InChI=1S/C22H28BrCl2NO3/c1-3-4-12-28-13-6-11-26-14-16-18(23)9-10-21(27-2)22(16)29-15-17-19(24)7-5-8-20(17)25/h5,7-10,26H,3-4,6,11-15H2,1-2H3. The molecule has 0 aliphatic heterocycles. The first-order chi connectivity index (χ1) is 14.1. The first kappa shape index (κ1) is 24.3. The van der Waals surface area contributed by atoms with Crippen LogP contribution in [-0.2, 0) is 17.9 Å². The van der Waals surface area contributed by atoms with Gasteiger partial charge in [0.2, 0.25) is 0 Å². The van der Waals surface area contributed by atoms with Crippen LogP contribution in [0.4, 0.5) is 0 Å². The average molecular weight is 505 g/mol. The number of benzene rings is 2. The van der Waals surface area contributed by atoms with Crippen LogP contribution in [0.25, 0.3) is 0 Å². The van der Waals surface area contributed by atoms with Crippen molar-refractivity contribution in [3.8, 4) is 11.5 Å². The van der Waals surface area contributed by atoms with Crippen molar-refractivity contribution in [3.05, 3.63) is 56.0 Å². The molecule has 0 spiro atoms. The normalized spacial score (nSPS) is 10.9. The SMILES string of the molecule is CCCCOCCCNCc1c(Br)ccc(OC)c1OCc1c(Cl)cccc1Cl. The highest BCUT2D eigenvalue weighted by Gasteiger charge is 2.16. The number of hydrogen-bond donors (Lipinski definition) is 1. The molecule has 4 nitrogen and oxygen atoms in total. The first-order valence-corrected chi connectivity index (χ1v) is 11.3. The van der Waals surface area contributed by atoms with Crippen molar-refractivity contribution >= 4 is 39.1 Å². The van der Waals surface area contributed by atoms with Gasteiger partial charge >= 0.3 is 0 Å². The lowest BCUT2D eigenvalue weighted by atomic mass is 10.1. The zero-order chi connectivity index (χ0) is 21.1. The molecule has 0 aliphatic rings. The van der Waals surface area contributed by atoms with E-state index in [-0.39, 0.29) is 6.61 Å². The Labute approximate surface area is 192 Å². The van der Waals surface area contributed by atoms with Gasteiger partial charge in [0.15, 0.2) is 11.5 Å². The molecule has 0 saturated heterocycles. The Hall–Kier alpha value is -0.980. The van der Waals surface area contributed by atoms with Crippen LogP contribution in [0.2, 0.25) is 10.0 Å². The van der Waals surface area contributed by atoms with Gasteiger partial charge in [-0.25, -0.2) is 0 Å². The summed E-state index contributed by atoms with van der Waals surface area (Å²) in [5, 5.41) is 4.60. The van der Waals surface area contributed by atoms with Crippen LogP contribution in [0.1, 0.15) is 37.3 Å². The van der Waals surface area contributed by atoms with E-state index in [0.29, 0.717) is 28.1 Å². The maximum Gasteiger partial charge on any atom is 0.167 e. The fourth-order valence-electron chi connectivity index (χ4n) is 2.74. The number of nitrogens with one attached hydrogen (secondary N) is 1. The zero-order valence-corrected chi connectivity index (χ0v) is 20.0. The fourth-order valence-corrected chi connectivity index (χ4v) is 3.70. The minimum atomic E-state index is 0.254. The Kier molecular flexibility index (Phi) is 11.2. The highest BCUT2D eigenvalue weighted by molar-refractivity contribution is 9.10. The monoisotopic (exact) mass is 503 g/mol. The van der Waals surface area contributed by atoms with Gasteiger partial charge in [0, 0.05) is 45.4 Å². The summed E-state index contributed by atoms with van der Waals surface area (Å²) in [6.07, 6.45) is 3.22. The summed E-state index contributed by atoms with van der Waals surface area (Å²) >= 11 is 16.2. The van der Waals surface area contributed by atoms with E-state index < -0.39 is 0 Å². The van der Waals surface area contributed by atoms with E-state index in [1.165, 1.54) is 0 Å². The van der Waals surface area contributed by atoms with Crippen molar-refractivity contribution in [1.29, 1.82) is 0 Å². The molecule has 0 atom stereocenters. The Balaban J connectivity index is 2.00. The van der Waals surface area contributed by atoms with E-state index in [1.54, 1.807) is 19.2 Å². The van der Waals surface area contributed by atoms with Crippen LogP contribution in [0.5, 0.6) is 11.5 Å². The quantitative estimate of drug-likeness (QED) is 0.310. The maximum absolute atomic E-state index is 6.28. The lowest BCUT2D eigenvalue weighted by Gasteiger charge is -2.18. The molecule has 0 heterocycles. The second-order valence-electron chi connectivity index (χ2n) is 6.54. The van der Waals surface area contributed by atoms with Gasteiger partial charge in [-0.05, 0) is 43.7 Å². The smallest absolute Gasteiger partial charge is 0.167 e. The number of rotatable bonds is 13. The van der Waals surface area contributed by atoms with Gasteiger partial charge in [-0.1, -0.05) is 58.5 Å². The lowest BCUT2D eigenvalue weighted by Crippen LogP contribution is -2.18.